The number of ether oxygens (including phenoxy) is 6. The first-order valence-electron chi connectivity index (χ1n) is 19.4. The van der Waals surface area contributed by atoms with Crippen molar-refractivity contribution in [2.24, 2.45) is 22.9 Å². The molecule has 2 aliphatic heterocycles. The molecule has 2 heterocycles. The summed E-state index contributed by atoms with van der Waals surface area (Å²) in [6.07, 6.45) is -1.48. The Kier molecular flexibility index (Phi) is 15.2. The zero-order valence-electron chi connectivity index (χ0n) is 31.0. The highest BCUT2D eigenvalue weighted by Gasteiger charge is 2.46. The third-order valence-electron chi connectivity index (χ3n) is 10.5. The summed E-state index contributed by atoms with van der Waals surface area (Å²) in [7, 11) is 0. The minimum Gasteiger partial charge on any atom is -0.388 e. The molecule has 2 saturated heterocycles. The van der Waals surface area contributed by atoms with Gasteiger partial charge in [0.1, 0.15) is 36.6 Å². The highest BCUT2D eigenvalue weighted by molar-refractivity contribution is 5.83. The summed E-state index contributed by atoms with van der Waals surface area (Å²) in [5.74, 6) is 0. The van der Waals surface area contributed by atoms with Gasteiger partial charge in [-0.25, -0.2) is 0 Å². The van der Waals surface area contributed by atoms with Gasteiger partial charge in [-0.3, -0.25) is 0 Å². The lowest BCUT2D eigenvalue weighted by Gasteiger charge is -2.44. The van der Waals surface area contributed by atoms with E-state index in [4.69, 9.17) is 51.4 Å². The summed E-state index contributed by atoms with van der Waals surface area (Å²) in [4.78, 5) is 0. The molecule has 12 heteroatoms. The van der Waals surface area contributed by atoms with E-state index in [1.54, 1.807) is 0 Å². The number of fused-ring (bicyclic) bond motifs is 2. The van der Waals surface area contributed by atoms with Crippen LogP contribution in [0, 0.1) is 0 Å². The second-order valence-corrected chi connectivity index (χ2v) is 14.4. The molecule has 2 fully saturated rings. The third-order valence-corrected chi connectivity index (χ3v) is 10.5. The molecule has 10 N–H and O–H groups in total. The van der Waals surface area contributed by atoms with Crippen LogP contribution in [0.2, 0.25) is 0 Å². The second kappa shape index (κ2) is 20.2. The van der Waals surface area contributed by atoms with Crippen LogP contribution >= 0.6 is 0 Å². The molecule has 0 bridgehead atoms. The number of nitrogens with two attached hydrogens (primary N) is 4. The van der Waals surface area contributed by atoms with E-state index < -0.39 is 61.3 Å². The summed E-state index contributed by atoms with van der Waals surface area (Å²) < 4.78 is 37.0. The minimum atomic E-state index is -1.19. The molecule has 0 saturated carbocycles. The van der Waals surface area contributed by atoms with Crippen molar-refractivity contribution in [2.75, 3.05) is 39.5 Å². The van der Waals surface area contributed by atoms with Gasteiger partial charge in [-0.1, -0.05) is 84.9 Å². The zero-order valence-corrected chi connectivity index (χ0v) is 31.0. The van der Waals surface area contributed by atoms with Crippen molar-refractivity contribution < 1.29 is 38.6 Å². The number of unbranched alkanes of at least 4 members (excludes halogenated alkanes) is 1. The first-order valence-corrected chi connectivity index (χ1v) is 19.4. The van der Waals surface area contributed by atoms with E-state index in [1.165, 1.54) is 32.7 Å². The predicted octanol–water partition coefficient (Wildman–Crippen LogP) is 2.89. The highest BCUT2D eigenvalue weighted by atomic mass is 16.7. The van der Waals surface area contributed by atoms with Crippen molar-refractivity contribution in [1.82, 2.24) is 0 Å². The minimum absolute atomic E-state index is 0.0382. The Hall–Kier alpha value is -3.08. The van der Waals surface area contributed by atoms with Crippen molar-refractivity contribution in [3.63, 3.8) is 0 Å². The highest BCUT2D eigenvalue weighted by Crippen LogP contribution is 2.27. The Bertz CT molecular complexity index is 1730. The van der Waals surface area contributed by atoms with Gasteiger partial charge in [0.25, 0.3) is 0 Å². The van der Waals surface area contributed by atoms with Gasteiger partial charge in [0.05, 0.1) is 12.1 Å². The summed E-state index contributed by atoms with van der Waals surface area (Å²) in [6.45, 7) is 1.92. The van der Waals surface area contributed by atoms with Gasteiger partial charge in [-0.2, -0.15) is 0 Å². The van der Waals surface area contributed by atoms with Crippen LogP contribution in [-0.4, -0.2) is 111 Å². The topological polar surface area (TPSA) is 200 Å². The molecule has 0 radical (unpaired) electrons. The monoisotopic (exact) mass is 746 g/mol. The molecule has 4 aromatic rings. The molecule has 2 aliphatic rings. The normalized spacial score (nSPS) is 28.9. The van der Waals surface area contributed by atoms with Crippen LogP contribution in [0.25, 0.3) is 21.5 Å². The number of hydrogen-bond acceptors (Lipinski definition) is 12. The standard InChI is InChI=1S/C42H58N4O8/c43-25-33-37(47)38(48)35(45)41(53-33)51-19-5-6-20-52-42-36(46)40(50-22-8-10-28-16-18-30-12-2-4-14-32(30)24-28)39(34(26-44)54-42)49-21-7-9-27-15-17-29-11-1-3-13-31(29)23-27/h1-4,11-18,23-24,33-42,47-48H,5-10,19-22,25-26,43-46H2. The molecule has 0 aromatic heterocycles. The van der Waals surface area contributed by atoms with Crippen molar-refractivity contribution in [1.29, 1.82) is 0 Å². The van der Waals surface area contributed by atoms with Crippen molar-refractivity contribution >= 4 is 21.5 Å². The molecule has 0 spiro atoms. The van der Waals surface area contributed by atoms with E-state index in [-0.39, 0.29) is 13.1 Å². The molecule has 294 valence electrons. The first-order chi connectivity index (χ1) is 26.4. The molecular weight excluding hydrogens is 688 g/mol. The number of aryl methyl sites for hydroxylation is 2. The number of rotatable bonds is 19. The lowest BCUT2D eigenvalue weighted by atomic mass is 9.96. The summed E-state index contributed by atoms with van der Waals surface area (Å²) in [5, 5.41) is 25.2. The third kappa shape index (κ3) is 10.4. The van der Waals surface area contributed by atoms with Gasteiger partial charge < -0.3 is 61.6 Å². The molecule has 6 rings (SSSR count). The smallest absolute Gasteiger partial charge is 0.175 e. The van der Waals surface area contributed by atoms with E-state index in [2.05, 4.69) is 84.9 Å². The maximum Gasteiger partial charge on any atom is 0.175 e. The van der Waals surface area contributed by atoms with Crippen LogP contribution in [-0.2, 0) is 41.3 Å². The van der Waals surface area contributed by atoms with Crippen molar-refractivity contribution in [3.05, 3.63) is 96.1 Å². The van der Waals surface area contributed by atoms with Crippen LogP contribution in [0.1, 0.15) is 36.8 Å². The number of benzene rings is 4. The van der Waals surface area contributed by atoms with Crippen LogP contribution in [0.3, 0.4) is 0 Å². The summed E-state index contributed by atoms with van der Waals surface area (Å²) >= 11 is 0. The van der Waals surface area contributed by atoms with Crippen LogP contribution in [0.15, 0.2) is 84.9 Å². The SMILES string of the molecule is NCC1OC(OCCCCOC2OC(CN)C(OCCCc3ccc4ccccc4c3)C(OCCCc3ccc4ccccc4c3)C2N)C(N)C(O)C1O. The largest absolute Gasteiger partial charge is 0.388 e. The van der Waals surface area contributed by atoms with Gasteiger partial charge >= 0.3 is 0 Å². The molecule has 4 aromatic carbocycles. The lowest BCUT2D eigenvalue weighted by Crippen LogP contribution is -2.64. The molecule has 10 unspecified atom stereocenters. The Morgan fingerprint density at radius 2 is 0.963 bits per heavy atom. The summed E-state index contributed by atoms with van der Waals surface area (Å²) in [6, 6.07) is 28.4. The van der Waals surface area contributed by atoms with E-state index in [1.807, 2.05) is 0 Å². The van der Waals surface area contributed by atoms with Crippen LogP contribution in [0.5, 0.6) is 0 Å². The van der Waals surface area contributed by atoms with Gasteiger partial charge in [0.15, 0.2) is 12.6 Å². The average molecular weight is 747 g/mol. The second-order valence-electron chi connectivity index (χ2n) is 14.4. The molecule has 10 atom stereocenters. The van der Waals surface area contributed by atoms with E-state index in [9.17, 15) is 10.2 Å². The maximum absolute atomic E-state index is 10.2. The first kappa shape index (κ1) is 40.6. The Balaban J connectivity index is 1.01. The van der Waals surface area contributed by atoms with E-state index in [0.717, 1.165) is 25.7 Å². The van der Waals surface area contributed by atoms with Crippen molar-refractivity contribution in [3.8, 4) is 0 Å². The number of hydrogen-bond donors (Lipinski definition) is 6. The zero-order chi connectivity index (χ0) is 37.9. The average Bonchev–Trinajstić information content (AvgIpc) is 3.20. The summed E-state index contributed by atoms with van der Waals surface area (Å²) in [5.41, 5.74) is 27.3. The van der Waals surface area contributed by atoms with Crippen LogP contribution in [0.4, 0.5) is 0 Å². The molecule has 54 heavy (non-hydrogen) atoms. The van der Waals surface area contributed by atoms with Gasteiger partial charge in [-0.05, 0) is 71.2 Å². The van der Waals surface area contributed by atoms with E-state index >= 15 is 0 Å². The lowest BCUT2D eigenvalue weighted by molar-refractivity contribution is -0.273. The fraction of sp³-hybridized carbons (Fsp3) is 0.524. The number of aliphatic hydroxyl groups is 2. The fourth-order valence-electron chi connectivity index (χ4n) is 7.35. The Morgan fingerprint density at radius 3 is 1.50 bits per heavy atom. The van der Waals surface area contributed by atoms with Crippen LogP contribution < -0.4 is 22.9 Å². The molecule has 0 aliphatic carbocycles. The van der Waals surface area contributed by atoms with Gasteiger partial charge in [0, 0.05) is 39.5 Å². The quantitative estimate of drug-likeness (QED) is 0.0769. The molecular formula is C42H58N4O8. The van der Waals surface area contributed by atoms with Gasteiger partial charge in [0.2, 0.25) is 0 Å². The molecule has 0 amide bonds. The molecule has 12 nitrogen and oxygen atoms in total. The Morgan fingerprint density at radius 1 is 0.500 bits per heavy atom. The number of aliphatic hydroxyl groups excluding tert-OH is 2. The fourth-order valence-corrected chi connectivity index (χ4v) is 7.35. The predicted molar refractivity (Wildman–Crippen MR) is 209 cm³/mol. The van der Waals surface area contributed by atoms with E-state index in [0.29, 0.717) is 39.3 Å². The Labute approximate surface area is 317 Å². The maximum atomic E-state index is 10.2. The van der Waals surface area contributed by atoms with Crippen molar-refractivity contribution in [2.45, 2.75) is 99.8 Å². The van der Waals surface area contributed by atoms with Gasteiger partial charge in [-0.15, -0.1) is 0 Å².